The van der Waals surface area contributed by atoms with E-state index in [1.54, 1.807) is 7.05 Å². The average Bonchev–Trinajstić information content (AvgIpc) is 3.20. The van der Waals surface area contributed by atoms with Crippen LogP contribution in [0.1, 0.15) is 45.4 Å². The summed E-state index contributed by atoms with van der Waals surface area (Å²) in [7, 11) is 1.71. The SMILES string of the molecule is CCOCCC1(CNC(=NC)NC2CCN(CC(F)(F)F)C2)CCCC1.I. The van der Waals surface area contributed by atoms with Crippen molar-refractivity contribution in [1.82, 2.24) is 15.5 Å². The summed E-state index contributed by atoms with van der Waals surface area (Å²) in [5, 5.41) is 6.70. The maximum Gasteiger partial charge on any atom is 0.401 e. The van der Waals surface area contributed by atoms with Crippen molar-refractivity contribution in [3.63, 3.8) is 0 Å². The number of ether oxygens (including phenoxy) is 1. The highest BCUT2D eigenvalue weighted by molar-refractivity contribution is 14.0. The highest BCUT2D eigenvalue weighted by Gasteiger charge is 2.35. The Morgan fingerprint density at radius 3 is 2.59 bits per heavy atom. The summed E-state index contributed by atoms with van der Waals surface area (Å²) in [6.45, 7) is 4.38. The fourth-order valence-corrected chi connectivity index (χ4v) is 4.08. The van der Waals surface area contributed by atoms with Crippen LogP contribution in [-0.2, 0) is 4.74 Å². The molecular formula is C18H34F3IN4O. The molecule has 0 aromatic carbocycles. The van der Waals surface area contributed by atoms with E-state index in [0.29, 0.717) is 25.5 Å². The van der Waals surface area contributed by atoms with E-state index in [9.17, 15) is 13.2 Å². The van der Waals surface area contributed by atoms with Gasteiger partial charge in [-0.15, -0.1) is 24.0 Å². The number of alkyl halides is 3. The molecule has 0 aromatic rings. The Bertz CT molecular complexity index is 456. The van der Waals surface area contributed by atoms with Crippen LogP contribution in [-0.4, -0.2) is 69.5 Å². The molecule has 0 radical (unpaired) electrons. The third-order valence-electron chi connectivity index (χ3n) is 5.52. The zero-order valence-corrected chi connectivity index (χ0v) is 18.7. The Morgan fingerprint density at radius 1 is 1.30 bits per heavy atom. The molecule has 1 heterocycles. The summed E-state index contributed by atoms with van der Waals surface area (Å²) in [6, 6.07) is 0.00602. The first-order valence-electron chi connectivity index (χ1n) is 9.70. The predicted molar refractivity (Wildman–Crippen MR) is 113 cm³/mol. The van der Waals surface area contributed by atoms with Crippen molar-refractivity contribution in [2.75, 3.05) is 46.4 Å². The van der Waals surface area contributed by atoms with Crippen LogP contribution in [0, 0.1) is 5.41 Å². The molecule has 1 saturated heterocycles. The van der Waals surface area contributed by atoms with Crippen molar-refractivity contribution < 1.29 is 17.9 Å². The van der Waals surface area contributed by atoms with Gasteiger partial charge in [-0.3, -0.25) is 9.89 Å². The van der Waals surface area contributed by atoms with Gasteiger partial charge in [0.25, 0.3) is 0 Å². The van der Waals surface area contributed by atoms with Crippen LogP contribution in [0.15, 0.2) is 4.99 Å². The predicted octanol–water partition coefficient (Wildman–Crippen LogP) is 3.39. The lowest BCUT2D eigenvalue weighted by Gasteiger charge is -2.30. The van der Waals surface area contributed by atoms with Crippen LogP contribution in [0.3, 0.4) is 0 Å². The minimum absolute atomic E-state index is 0. The van der Waals surface area contributed by atoms with Gasteiger partial charge in [-0.1, -0.05) is 12.8 Å². The van der Waals surface area contributed by atoms with E-state index in [-0.39, 0.29) is 35.4 Å². The lowest BCUT2D eigenvalue weighted by molar-refractivity contribution is -0.143. The minimum Gasteiger partial charge on any atom is -0.382 e. The fraction of sp³-hybridized carbons (Fsp3) is 0.944. The van der Waals surface area contributed by atoms with Crippen molar-refractivity contribution in [3.8, 4) is 0 Å². The van der Waals surface area contributed by atoms with Gasteiger partial charge in [-0.05, 0) is 38.0 Å². The highest BCUT2D eigenvalue weighted by Crippen LogP contribution is 2.40. The Balaban J connectivity index is 0.00000364. The molecule has 27 heavy (non-hydrogen) atoms. The standard InChI is InChI=1S/C18H33F3N4O.HI/c1-3-26-11-9-17(7-4-5-8-17)13-23-16(22-2)24-15-6-10-25(12-15)14-18(19,20)21;/h15H,3-14H2,1-2H3,(H2,22,23,24);1H. The highest BCUT2D eigenvalue weighted by atomic mass is 127. The van der Waals surface area contributed by atoms with E-state index in [2.05, 4.69) is 15.6 Å². The van der Waals surface area contributed by atoms with Gasteiger partial charge in [0.2, 0.25) is 0 Å². The summed E-state index contributed by atoms with van der Waals surface area (Å²) < 4.78 is 43.1. The largest absolute Gasteiger partial charge is 0.401 e. The third kappa shape index (κ3) is 8.72. The van der Waals surface area contributed by atoms with Crippen LogP contribution < -0.4 is 10.6 Å². The summed E-state index contributed by atoms with van der Waals surface area (Å²) in [5.74, 6) is 0.687. The number of halogens is 4. The van der Waals surface area contributed by atoms with Crippen LogP contribution in [0.5, 0.6) is 0 Å². The molecule has 1 saturated carbocycles. The second-order valence-corrected chi connectivity index (χ2v) is 7.56. The first-order valence-corrected chi connectivity index (χ1v) is 9.70. The number of nitrogens with zero attached hydrogens (tertiary/aromatic N) is 2. The molecule has 9 heteroatoms. The number of nitrogens with one attached hydrogen (secondary N) is 2. The lowest BCUT2D eigenvalue weighted by Crippen LogP contribution is -2.48. The van der Waals surface area contributed by atoms with Gasteiger partial charge in [0.05, 0.1) is 6.54 Å². The number of guanidine groups is 1. The van der Waals surface area contributed by atoms with E-state index >= 15 is 0 Å². The molecule has 2 fully saturated rings. The summed E-state index contributed by atoms with van der Waals surface area (Å²) >= 11 is 0. The quantitative estimate of drug-likeness (QED) is 0.230. The molecule has 1 unspecified atom stereocenters. The molecule has 1 atom stereocenters. The number of rotatable bonds is 8. The third-order valence-corrected chi connectivity index (χ3v) is 5.52. The van der Waals surface area contributed by atoms with Gasteiger partial charge < -0.3 is 15.4 Å². The topological polar surface area (TPSA) is 48.9 Å². The molecule has 2 aliphatic rings. The molecular weight excluding hydrogens is 472 g/mol. The Hall–Kier alpha value is -0.290. The molecule has 2 rings (SSSR count). The summed E-state index contributed by atoms with van der Waals surface area (Å²) in [6.07, 6.45) is 2.47. The Kier molecular flexibility index (Phi) is 10.7. The molecule has 1 aliphatic carbocycles. The van der Waals surface area contributed by atoms with Crippen molar-refractivity contribution in [2.45, 2.75) is 57.7 Å². The molecule has 0 aromatic heterocycles. The Labute approximate surface area is 177 Å². The monoisotopic (exact) mass is 506 g/mol. The van der Waals surface area contributed by atoms with Crippen LogP contribution in [0.25, 0.3) is 0 Å². The van der Waals surface area contributed by atoms with Crippen molar-refractivity contribution >= 4 is 29.9 Å². The second kappa shape index (κ2) is 11.6. The van der Waals surface area contributed by atoms with E-state index in [0.717, 1.165) is 26.2 Å². The molecule has 0 bridgehead atoms. The molecule has 0 amide bonds. The molecule has 2 N–H and O–H groups in total. The maximum absolute atomic E-state index is 12.5. The molecule has 1 aliphatic heterocycles. The van der Waals surface area contributed by atoms with Gasteiger partial charge in [-0.2, -0.15) is 13.2 Å². The van der Waals surface area contributed by atoms with Gasteiger partial charge in [0, 0.05) is 45.9 Å². The van der Waals surface area contributed by atoms with E-state index < -0.39 is 12.7 Å². The van der Waals surface area contributed by atoms with Crippen molar-refractivity contribution in [1.29, 1.82) is 0 Å². The second-order valence-electron chi connectivity index (χ2n) is 7.56. The van der Waals surface area contributed by atoms with Gasteiger partial charge >= 0.3 is 6.18 Å². The average molecular weight is 506 g/mol. The van der Waals surface area contributed by atoms with E-state index in [4.69, 9.17) is 4.74 Å². The molecule has 160 valence electrons. The zero-order chi connectivity index (χ0) is 19.0. The van der Waals surface area contributed by atoms with Crippen LogP contribution >= 0.6 is 24.0 Å². The van der Waals surface area contributed by atoms with Crippen LogP contribution in [0.2, 0.25) is 0 Å². The van der Waals surface area contributed by atoms with Crippen molar-refractivity contribution in [2.24, 2.45) is 10.4 Å². The summed E-state index contributed by atoms with van der Waals surface area (Å²) in [5.41, 5.74) is 0.241. The van der Waals surface area contributed by atoms with Gasteiger partial charge in [0.1, 0.15) is 0 Å². The lowest BCUT2D eigenvalue weighted by atomic mass is 9.83. The number of hydrogen-bond donors (Lipinski definition) is 2. The number of aliphatic imine (C=N–C) groups is 1. The number of hydrogen-bond acceptors (Lipinski definition) is 3. The zero-order valence-electron chi connectivity index (χ0n) is 16.4. The summed E-state index contributed by atoms with van der Waals surface area (Å²) in [4.78, 5) is 5.71. The fourth-order valence-electron chi connectivity index (χ4n) is 4.08. The first-order chi connectivity index (χ1) is 12.4. The normalized spacial score (nSPS) is 23.3. The van der Waals surface area contributed by atoms with Crippen LogP contribution in [0.4, 0.5) is 13.2 Å². The maximum atomic E-state index is 12.5. The van der Waals surface area contributed by atoms with E-state index in [1.165, 1.54) is 30.6 Å². The van der Waals surface area contributed by atoms with Crippen molar-refractivity contribution in [3.05, 3.63) is 0 Å². The molecule has 0 spiro atoms. The smallest absolute Gasteiger partial charge is 0.382 e. The Morgan fingerprint density at radius 2 is 2.00 bits per heavy atom. The number of likely N-dealkylation sites (tertiary alicyclic amines) is 1. The minimum atomic E-state index is -4.13. The van der Waals surface area contributed by atoms with Gasteiger partial charge in [0.15, 0.2) is 5.96 Å². The molecule has 5 nitrogen and oxygen atoms in total. The van der Waals surface area contributed by atoms with E-state index in [1.807, 2.05) is 6.92 Å². The first kappa shape index (κ1) is 24.7. The van der Waals surface area contributed by atoms with Gasteiger partial charge in [-0.25, -0.2) is 0 Å².